The predicted octanol–water partition coefficient (Wildman–Crippen LogP) is 3.42. The van der Waals surface area contributed by atoms with E-state index in [9.17, 15) is 14.9 Å². The van der Waals surface area contributed by atoms with Gasteiger partial charge in [0.15, 0.2) is 6.10 Å². The molecule has 1 aromatic carbocycles. The maximum absolute atomic E-state index is 12.6. The molecule has 3 rings (SSSR count). The number of hydrogen-bond donors (Lipinski definition) is 1. The third-order valence-corrected chi connectivity index (χ3v) is 4.46. The quantitative estimate of drug-likeness (QED) is 0.650. The van der Waals surface area contributed by atoms with Crippen LogP contribution in [0.5, 0.6) is 0 Å². The minimum Gasteiger partial charge on any atom is -0.449 e. The van der Waals surface area contributed by atoms with E-state index < -0.39 is 18.0 Å². The van der Waals surface area contributed by atoms with Crippen LogP contribution in [0.3, 0.4) is 0 Å². The molecule has 1 atom stereocenters. The monoisotopic (exact) mass is 391 g/mol. The highest BCUT2D eigenvalue weighted by atomic mass is 16.5. The molecule has 1 amide bonds. The van der Waals surface area contributed by atoms with E-state index in [1.807, 2.05) is 37.3 Å². The number of nitrogens with one attached hydrogen (secondary N) is 1. The molecule has 0 radical (unpaired) electrons. The summed E-state index contributed by atoms with van der Waals surface area (Å²) in [5.41, 5.74) is 2.16. The third kappa shape index (κ3) is 4.38. The van der Waals surface area contributed by atoms with Crippen molar-refractivity contribution in [3.05, 3.63) is 76.8 Å². The molecule has 0 saturated heterocycles. The number of hydrogen-bond acceptors (Lipinski definition) is 5. The number of nitriles is 1. The number of aromatic nitrogens is 1. The van der Waals surface area contributed by atoms with Crippen LogP contribution in [0.2, 0.25) is 0 Å². The van der Waals surface area contributed by atoms with E-state index in [0.717, 1.165) is 11.1 Å². The first-order valence-electron chi connectivity index (χ1n) is 9.11. The molecule has 0 saturated carbocycles. The van der Waals surface area contributed by atoms with Crippen LogP contribution in [-0.4, -0.2) is 22.5 Å². The number of furan rings is 1. The second kappa shape index (κ2) is 8.48. The van der Waals surface area contributed by atoms with Crippen molar-refractivity contribution in [3.63, 3.8) is 0 Å². The number of aryl methyl sites for hydroxylation is 2. The molecule has 0 spiro atoms. The van der Waals surface area contributed by atoms with Gasteiger partial charge in [-0.25, -0.2) is 4.79 Å². The van der Waals surface area contributed by atoms with Crippen molar-refractivity contribution in [1.82, 2.24) is 9.88 Å². The normalized spacial score (nSPS) is 11.5. The Balaban J connectivity index is 1.68. The van der Waals surface area contributed by atoms with Gasteiger partial charge in [0, 0.05) is 18.9 Å². The molecule has 7 nitrogen and oxygen atoms in total. The van der Waals surface area contributed by atoms with E-state index >= 15 is 0 Å². The number of carbonyl (C=O) groups is 2. The van der Waals surface area contributed by atoms with Crippen LogP contribution in [0.15, 0.2) is 53.2 Å². The maximum Gasteiger partial charge on any atom is 0.343 e. The van der Waals surface area contributed by atoms with Gasteiger partial charge in [0.2, 0.25) is 5.88 Å². The Kier molecular flexibility index (Phi) is 5.84. The zero-order valence-corrected chi connectivity index (χ0v) is 16.4. The third-order valence-electron chi connectivity index (χ3n) is 4.46. The van der Waals surface area contributed by atoms with Crippen LogP contribution in [0.1, 0.15) is 39.7 Å². The van der Waals surface area contributed by atoms with E-state index in [0.29, 0.717) is 6.54 Å². The number of nitrogens with zero attached hydrogens (tertiary/aromatic N) is 2. The van der Waals surface area contributed by atoms with Crippen LogP contribution in [0.4, 0.5) is 0 Å². The van der Waals surface area contributed by atoms with Gasteiger partial charge in [-0.05, 0) is 38.5 Å². The molecule has 0 aliphatic rings. The first kappa shape index (κ1) is 20.0. The summed E-state index contributed by atoms with van der Waals surface area (Å²) in [5, 5.41) is 12.3. The van der Waals surface area contributed by atoms with Gasteiger partial charge in [0.05, 0.1) is 0 Å². The molecule has 2 aromatic heterocycles. The molecular formula is C22H21N3O4. The van der Waals surface area contributed by atoms with Gasteiger partial charge in [0.1, 0.15) is 23.0 Å². The van der Waals surface area contributed by atoms with Crippen molar-refractivity contribution < 1.29 is 18.7 Å². The Morgan fingerprint density at radius 3 is 2.48 bits per heavy atom. The van der Waals surface area contributed by atoms with Crippen LogP contribution in [0, 0.1) is 25.2 Å². The van der Waals surface area contributed by atoms with E-state index in [-0.39, 0.29) is 22.8 Å². The summed E-state index contributed by atoms with van der Waals surface area (Å²) in [5.74, 6) is -0.718. The van der Waals surface area contributed by atoms with Gasteiger partial charge < -0.3 is 14.5 Å². The zero-order valence-electron chi connectivity index (χ0n) is 16.4. The molecule has 0 unspecified atom stereocenters. The van der Waals surface area contributed by atoms with E-state index in [1.54, 1.807) is 36.0 Å². The van der Waals surface area contributed by atoms with Gasteiger partial charge in [-0.2, -0.15) is 5.26 Å². The first-order chi connectivity index (χ1) is 13.9. The Bertz CT molecular complexity index is 1060. The molecule has 0 bridgehead atoms. The van der Waals surface area contributed by atoms with Gasteiger partial charge in [-0.3, -0.25) is 9.36 Å². The highest BCUT2D eigenvalue weighted by molar-refractivity contribution is 5.96. The summed E-state index contributed by atoms with van der Waals surface area (Å²) in [7, 11) is 0. The van der Waals surface area contributed by atoms with Gasteiger partial charge in [0.25, 0.3) is 5.91 Å². The molecule has 148 valence electrons. The Labute approximate surface area is 168 Å². The zero-order chi connectivity index (χ0) is 21.0. The number of benzene rings is 1. The number of esters is 1. The SMILES string of the molecule is Cc1ccc(CNC(=O)[C@H](C)OC(=O)c2c(C)oc(-n3cccc3)c2C#N)cc1. The molecular weight excluding hydrogens is 370 g/mol. The number of rotatable bonds is 6. The molecule has 29 heavy (non-hydrogen) atoms. The summed E-state index contributed by atoms with van der Waals surface area (Å²) < 4.78 is 12.5. The average molecular weight is 391 g/mol. The molecule has 7 heteroatoms. The van der Waals surface area contributed by atoms with Crippen molar-refractivity contribution in [2.45, 2.75) is 33.4 Å². The Hall–Kier alpha value is -3.79. The summed E-state index contributed by atoms with van der Waals surface area (Å²) in [6, 6.07) is 13.3. The van der Waals surface area contributed by atoms with Crippen LogP contribution in [0.25, 0.3) is 5.88 Å². The Morgan fingerprint density at radius 1 is 1.21 bits per heavy atom. The lowest BCUT2D eigenvalue weighted by Crippen LogP contribution is -2.35. The summed E-state index contributed by atoms with van der Waals surface area (Å²) in [6.07, 6.45) is 2.38. The smallest absolute Gasteiger partial charge is 0.343 e. The Morgan fingerprint density at radius 2 is 1.86 bits per heavy atom. The largest absolute Gasteiger partial charge is 0.449 e. The second-order valence-electron chi connectivity index (χ2n) is 6.67. The lowest BCUT2D eigenvalue weighted by molar-refractivity contribution is -0.129. The van der Waals surface area contributed by atoms with Crippen molar-refractivity contribution in [2.24, 2.45) is 0 Å². The molecule has 0 aliphatic heterocycles. The molecule has 2 heterocycles. The fourth-order valence-corrected chi connectivity index (χ4v) is 2.84. The van der Waals surface area contributed by atoms with Crippen LogP contribution < -0.4 is 5.32 Å². The molecule has 1 N–H and O–H groups in total. The van der Waals surface area contributed by atoms with Crippen molar-refractivity contribution in [3.8, 4) is 12.0 Å². The molecule has 3 aromatic rings. The number of carbonyl (C=O) groups excluding carboxylic acids is 2. The van der Waals surface area contributed by atoms with Gasteiger partial charge >= 0.3 is 5.97 Å². The summed E-state index contributed by atoms with van der Waals surface area (Å²) in [4.78, 5) is 24.9. The van der Waals surface area contributed by atoms with E-state index in [2.05, 4.69) is 5.32 Å². The molecule has 0 aliphatic carbocycles. The maximum atomic E-state index is 12.6. The van der Waals surface area contributed by atoms with Crippen molar-refractivity contribution in [1.29, 1.82) is 5.26 Å². The number of amides is 1. The highest BCUT2D eigenvalue weighted by Gasteiger charge is 2.28. The minimum atomic E-state index is -1.02. The fraction of sp³-hybridized carbons (Fsp3) is 0.227. The minimum absolute atomic E-state index is 0.0226. The van der Waals surface area contributed by atoms with Gasteiger partial charge in [-0.1, -0.05) is 29.8 Å². The average Bonchev–Trinajstić information content (AvgIpc) is 3.34. The second-order valence-corrected chi connectivity index (χ2v) is 6.67. The fourth-order valence-electron chi connectivity index (χ4n) is 2.84. The number of ether oxygens (including phenoxy) is 1. The van der Waals surface area contributed by atoms with Crippen molar-refractivity contribution >= 4 is 11.9 Å². The topological polar surface area (TPSA) is 97.3 Å². The highest BCUT2D eigenvalue weighted by Crippen LogP contribution is 2.26. The van der Waals surface area contributed by atoms with E-state index in [1.165, 1.54) is 6.92 Å². The molecule has 0 fully saturated rings. The summed E-state index contributed by atoms with van der Waals surface area (Å²) >= 11 is 0. The standard InChI is InChI=1S/C22H21N3O4/c1-14-6-8-17(9-7-14)13-24-20(26)16(3)29-22(27)19-15(2)28-21(18(19)12-23)25-10-4-5-11-25/h4-11,16H,13H2,1-3H3,(H,24,26)/t16-/m0/s1. The lowest BCUT2D eigenvalue weighted by Gasteiger charge is -2.13. The van der Waals surface area contributed by atoms with Crippen LogP contribution >= 0.6 is 0 Å². The first-order valence-corrected chi connectivity index (χ1v) is 9.11. The van der Waals surface area contributed by atoms with Crippen molar-refractivity contribution in [2.75, 3.05) is 0 Å². The van der Waals surface area contributed by atoms with Gasteiger partial charge in [-0.15, -0.1) is 0 Å². The van der Waals surface area contributed by atoms with Crippen LogP contribution in [-0.2, 0) is 16.1 Å². The van der Waals surface area contributed by atoms with E-state index in [4.69, 9.17) is 9.15 Å². The predicted molar refractivity (Wildman–Crippen MR) is 105 cm³/mol. The summed E-state index contributed by atoms with van der Waals surface area (Å²) in [6.45, 7) is 5.37. The lowest BCUT2D eigenvalue weighted by atomic mass is 10.1.